The van der Waals surface area contributed by atoms with Crippen molar-refractivity contribution in [2.45, 2.75) is 40.5 Å². The summed E-state index contributed by atoms with van der Waals surface area (Å²) in [6.07, 6.45) is 2.80. The standard InChI is InChI=1S/C11H23N/c1-9(2)5-11(6-10(3)4)7-12-8-11/h9-10,12H,5-8H2,1-4H3. The van der Waals surface area contributed by atoms with E-state index >= 15 is 0 Å². The summed E-state index contributed by atoms with van der Waals surface area (Å²) in [6.45, 7) is 11.8. The molecular formula is C11H23N. The Morgan fingerprint density at radius 2 is 1.42 bits per heavy atom. The van der Waals surface area contributed by atoms with Gasteiger partial charge in [0, 0.05) is 13.1 Å². The molecule has 1 saturated heterocycles. The molecule has 12 heavy (non-hydrogen) atoms. The van der Waals surface area contributed by atoms with Crippen molar-refractivity contribution in [3.05, 3.63) is 0 Å². The molecular weight excluding hydrogens is 146 g/mol. The second kappa shape index (κ2) is 3.78. The molecule has 1 heterocycles. The molecule has 0 aromatic heterocycles. The lowest BCUT2D eigenvalue weighted by Crippen LogP contribution is -2.54. The first-order chi connectivity index (χ1) is 5.54. The van der Waals surface area contributed by atoms with E-state index in [1.165, 1.54) is 25.9 Å². The van der Waals surface area contributed by atoms with Gasteiger partial charge in [-0.1, -0.05) is 27.7 Å². The Morgan fingerprint density at radius 1 is 1.00 bits per heavy atom. The summed E-state index contributed by atoms with van der Waals surface area (Å²) in [7, 11) is 0. The maximum absolute atomic E-state index is 3.41. The molecule has 0 bridgehead atoms. The van der Waals surface area contributed by atoms with Crippen LogP contribution in [-0.2, 0) is 0 Å². The molecule has 1 aliphatic rings. The predicted octanol–water partition coefficient (Wildman–Crippen LogP) is 2.67. The van der Waals surface area contributed by atoms with Crippen molar-refractivity contribution < 1.29 is 0 Å². The van der Waals surface area contributed by atoms with E-state index in [1.807, 2.05) is 0 Å². The zero-order valence-electron chi connectivity index (χ0n) is 8.98. The quantitative estimate of drug-likeness (QED) is 0.682. The van der Waals surface area contributed by atoms with Crippen LogP contribution >= 0.6 is 0 Å². The minimum atomic E-state index is 0.655. The van der Waals surface area contributed by atoms with E-state index in [-0.39, 0.29) is 0 Å². The van der Waals surface area contributed by atoms with Crippen LogP contribution in [0.15, 0.2) is 0 Å². The molecule has 0 spiro atoms. The molecule has 0 radical (unpaired) electrons. The fourth-order valence-corrected chi connectivity index (χ4v) is 2.58. The summed E-state index contributed by atoms with van der Waals surface area (Å²) in [5, 5.41) is 3.41. The maximum Gasteiger partial charge on any atom is 0.00204 e. The Morgan fingerprint density at radius 3 is 1.58 bits per heavy atom. The Labute approximate surface area is 76.9 Å². The Bertz CT molecular complexity index is 122. The monoisotopic (exact) mass is 169 g/mol. The van der Waals surface area contributed by atoms with Gasteiger partial charge in [0.2, 0.25) is 0 Å². The third-order valence-electron chi connectivity index (χ3n) is 2.68. The normalized spacial score (nSPS) is 21.5. The van der Waals surface area contributed by atoms with E-state index in [9.17, 15) is 0 Å². The topological polar surface area (TPSA) is 12.0 Å². The van der Waals surface area contributed by atoms with Gasteiger partial charge in [0.25, 0.3) is 0 Å². The van der Waals surface area contributed by atoms with Crippen LogP contribution in [0.1, 0.15) is 40.5 Å². The molecule has 0 unspecified atom stereocenters. The van der Waals surface area contributed by atoms with Crippen molar-refractivity contribution in [3.8, 4) is 0 Å². The van der Waals surface area contributed by atoms with Crippen LogP contribution in [0.5, 0.6) is 0 Å². The lowest BCUT2D eigenvalue weighted by Gasteiger charge is -2.45. The SMILES string of the molecule is CC(C)CC1(CC(C)C)CNC1. The molecule has 1 nitrogen and oxygen atoms in total. The highest BCUT2D eigenvalue weighted by Gasteiger charge is 2.37. The van der Waals surface area contributed by atoms with Gasteiger partial charge in [-0.2, -0.15) is 0 Å². The summed E-state index contributed by atoms with van der Waals surface area (Å²) < 4.78 is 0. The number of rotatable bonds is 4. The molecule has 1 heteroatoms. The van der Waals surface area contributed by atoms with Gasteiger partial charge in [0.1, 0.15) is 0 Å². The molecule has 0 atom stereocenters. The van der Waals surface area contributed by atoms with Crippen molar-refractivity contribution in [1.82, 2.24) is 5.32 Å². The maximum atomic E-state index is 3.41. The average Bonchev–Trinajstić information content (AvgIpc) is 1.80. The van der Waals surface area contributed by atoms with Gasteiger partial charge in [0.05, 0.1) is 0 Å². The fourth-order valence-electron chi connectivity index (χ4n) is 2.58. The van der Waals surface area contributed by atoms with E-state index in [0.717, 1.165) is 11.8 Å². The summed E-state index contributed by atoms with van der Waals surface area (Å²) >= 11 is 0. The van der Waals surface area contributed by atoms with Gasteiger partial charge in [-0.05, 0) is 30.1 Å². The first-order valence-electron chi connectivity index (χ1n) is 5.25. The zero-order valence-corrected chi connectivity index (χ0v) is 8.98. The summed E-state index contributed by atoms with van der Waals surface area (Å²) in [6, 6.07) is 0. The zero-order chi connectivity index (χ0) is 9.19. The summed E-state index contributed by atoms with van der Waals surface area (Å²) in [5.41, 5.74) is 0.655. The summed E-state index contributed by atoms with van der Waals surface area (Å²) in [4.78, 5) is 0. The van der Waals surface area contributed by atoms with Crippen LogP contribution in [0.3, 0.4) is 0 Å². The van der Waals surface area contributed by atoms with Crippen molar-refractivity contribution in [2.75, 3.05) is 13.1 Å². The molecule has 0 aromatic carbocycles. The number of hydrogen-bond acceptors (Lipinski definition) is 1. The van der Waals surface area contributed by atoms with Crippen LogP contribution in [0.4, 0.5) is 0 Å². The predicted molar refractivity (Wildman–Crippen MR) is 54.2 cm³/mol. The highest BCUT2D eigenvalue weighted by molar-refractivity contribution is 4.93. The minimum Gasteiger partial charge on any atom is -0.316 e. The van der Waals surface area contributed by atoms with Gasteiger partial charge in [-0.25, -0.2) is 0 Å². The van der Waals surface area contributed by atoms with Crippen LogP contribution in [0.25, 0.3) is 0 Å². The third-order valence-corrected chi connectivity index (χ3v) is 2.68. The second-order valence-electron chi connectivity index (χ2n) is 5.30. The van der Waals surface area contributed by atoms with E-state index < -0.39 is 0 Å². The van der Waals surface area contributed by atoms with E-state index in [2.05, 4.69) is 33.0 Å². The Kier molecular flexibility index (Phi) is 3.16. The molecule has 1 aliphatic heterocycles. The smallest absolute Gasteiger partial charge is 0.00204 e. The van der Waals surface area contributed by atoms with Crippen molar-refractivity contribution in [2.24, 2.45) is 17.3 Å². The van der Waals surface area contributed by atoms with Gasteiger partial charge in [0.15, 0.2) is 0 Å². The van der Waals surface area contributed by atoms with E-state index in [1.54, 1.807) is 0 Å². The Hall–Kier alpha value is -0.0400. The first-order valence-corrected chi connectivity index (χ1v) is 5.25. The van der Waals surface area contributed by atoms with E-state index in [4.69, 9.17) is 0 Å². The van der Waals surface area contributed by atoms with Gasteiger partial charge in [-0.3, -0.25) is 0 Å². The molecule has 72 valence electrons. The van der Waals surface area contributed by atoms with Gasteiger partial charge >= 0.3 is 0 Å². The van der Waals surface area contributed by atoms with Crippen LogP contribution in [0, 0.1) is 17.3 Å². The molecule has 0 amide bonds. The van der Waals surface area contributed by atoms with Crippen LogP contribution in [0.2, 0.25) is 0 Å². The fraction of sp³-hybridized carbons (Fsp3) is 1.00. The van der Waals surface area contributed by atoms with Crippen molar-refractivity contribution >= 4 is 0 Å². The second-order valence-corrected chi connectivity index (χ2v) is 5.30. The first kappa shape index (κ1) is 10.0. The lowest BCUT2D eigenvalue weighted by atomic mass is 9.70. The largest absolute Gasteiger partial charge is 0.316 e. The van der Waals surface area contributed by atoms with Gasteiger partial charge in [-0.15, -0.1) is 0 Å². The minimum absolute atomic E-state index is 0.655. The summed E-state index contributed by atoms with van der Waals surface area (Å²) in [5.74, 6) is 1.71. The lowest BCUT2D eigenvalue weighted by molar-refractivity contribution is 0.100. The van der Waals surface area contributed by atoms with Crippen molar-refractivity contribution in [1.29, 1.82) is 0 Å². The molecule has 0 saturated carbocycles. The molecule has 0 aromatic rings. The number of nitrogens with one attached hydrogen (secondary N) is 1. The average molecular weight is 169 g/mol. The molecule has 0 aliphatic carbocycles. The third kappa shape index (κ3) is 2.48. The van der Waals surface area contributed by atoms with Crippen molar-refractivity contribution in [3.63, 3.8) is 0 Å². The van der Waals surface area contributed by atoms with Crippen LogP contribution in [-0.4, -0.2) is 13.1 Å². The van der Waals surface area contributed by atoms with Gasteiger partial charge < -0.3 is 5.32 Å². The molecule has 1 rings (SSSR count). The molecule has 1 N–H and O–H groups in total. The molecule has 1 fully saturated rings. The number of hydrogen-bond donors (Lipinski definition) is 1. The Balaban J connectivity index is 2.39. The highest BCUT2D eigenvalue weighted by atomic mass is 15.0. The highest BCUT2D eigenvalue weighted by Crippen LogP contribution is 2.36. The van der Waals surface area contributed by atoms with Crippen LogP contribution < -0.4 is 5.32 Å². The van der Waals surface area contributed by atoms with E-state index in [0.29, 0.717) is 5.41 Å².